The van der Waals surface area contributed by atoms with Crippen molar-refractivity contribution in [3.8, 4) is 11.1 Å². The molecule has 2 nitrogen and oxygen atoms in total. The zero-order valence-corrected chi connectivity index (χ0v) is 12.3. The molecule has 98 valence electrons. The average molecular weight is 336 g/mol. The van der Waals surface area contributed by atoms with E-state index in [1.165, 1.54) is 6.07 Å². The van der Waals surface area contributed by atoms with Gasteiger partial charge in [-0.3, -0.25) is 0 Å². The number of benzene rings is 2. The maximum absolute atomic E-state index is 11.1. The van der Waals surface area contributed by atoms with Crippen molar-refractivity contribution in [1.82, 2.24) is 0 Å². The first-order valence-electron chi connectivity index (χ1n) is 5.08. The van der Waals surface area contributed by atoms with Gasteiger partial charge in [0, 0.05) is 5.56 Å². The van der Waals surface area contributed by atoms with Crippen LogP contribution in [0.4, 0.5) is 0 Å². The lowest BCUT2D eigenvalue weighted by atomic mass is 10.0. The zero-order chi connectivity index (χ0) is 14.2. The molecule has 0 saturated heterocycles. The molecule has 0 fully saturated rings. The monoisotopic (exact) mass is 334 g/mol. The van der Waals surface area contributed by atoms with Crippen LogP contribution in [0, 0.1) is 0 Å². The van der Waals surface area contributed by atoms with Crippen LogP contribution in [-0.2, 0) is 0 Å². The lowest BCUT2D eigenvalue weighted by Crippen LogP contribution is -2.00. The number of rotatable bonds is 2. The number of carboxylic acid groups (broad SMARTS) is 1. The molecule has 1 N–H and O–H groups in total. The van der Waals surface area contributed by atoms with Crippen LogP contribution in [0.5, 0.6) is 0 Å². The van der Waals surface area contributed by atoms with Gasteiger partial charge in [-0.2, -0.15) is 0 Å². The summed E-state index contributed by atoms with van der Waals surface area (Å²) < 4.78 is 0. The summed E-state index contributed by atoms with van der Waals surface area (Å²) in [4.78, 5) is 11.1. The third kappa shape index (κ3) is 2.82. The predicted octanol–water partition coefficient (Wildman–Crippen LogP) is 5.67. The molecule has 2 rings (SSSR count). The lowest BCUT2D eigenvalue weighted by Gasteiger charge is -2.09. The Kier molecular flexibility index (Phi) is 4.26. The molecule has 0 aliphatic rings. The molecule has 0 amide bonds. The van der Waals surface area contributed by atoms with E-state index in [2.05, 4.69) is 0 Å². The molecular weight excluding hydrogens is 330 g/mol. The first-order chi connectivity index (χ1) is 8.91. The van der Waals surface area contributed by atoms with Crippen molar-refractivity contribution < 1.29 is 9.90 Å². The van der Waals surface area contributed by atoms with E-state index in [1.54, 1.807) is 24.3 Å². The largest absolute Gasteiger partial charge is 0.478 e. The maximum atomic E-state index is 11.1. The summed E-state index contributed by atoms with van der Waals surface area (Å²) in [7, 11) is 0. The van der Waals surface area contributed by atoms with E-state index in [1.807, 2.05) is 0 Å². The first-order valence-corrected chi connectivity index (χ1v) is 6.59. The Bertz CT molecular complexity index is 668. The first kappa shape index (κ1) is 14.5. The predicted molar refractivity (Wildman–Crippen MR) is 78.9 cm³/mol. The van der Waals surface area contributed by atoms with Gasteiger partial charge in [0.2, 0.25) is 0 Å². The Morgan fingerprint density at radius 1 is 0.895 bits per heavy atom. The van der Waals surface area contributed by atoms with Gasteiger partial charge in [0.15, 0.2) is 0 Å². The van der Waals surface area contributed by atoms with Crippen LogP contribution in [0.2, 0.25) is 20.1 Å². The molecule has 0 spiro atoms. The Morgan fingerprint density at radius 3 is 2.11 bits per heavy atom. The summed E-state index contributed by atoms with van der Waals surface area (Å²) in [5.41, 5.74) is 1.06. The number of hydrogen-bond acceptors (Lipinski definition) is 1. The van der Waals surface area contributed by atoms with Crippen LogP contribution in [0.15, 0.2) is 30.3 Å². The Balaban J connectivity index is 2.66. The Labute approximate surface area is 129 Å². The average Bonchev–Trinajstić information content (AvgIpc) is 2.33. The summed E-state index contributed by atoms with van der Waals surface area (Å²) in [6, 6.07) is 8.05. The molecule has 0 aliphatic carbocycles. The van der Waals surface area contributed by atoms with Crippen molar-refractivity contribution in [3.05, 3.63) is 56.0 Å². The third-order valence-electron chi connectivity index (χ3n) is 2.54. The van der Waals surface area contributed by atoms with E-state index >= 15 is 0 Å². The minimum Gasteiger partial charge on any atom is -0.478 e. The summed E-state index contributed by atoms with van der Waals surface area (Å²) in [6.45, 7) is 0. The molecule has 0 aliphatic heterocycles. The molecule has 0 atom stereocenters. The van der Waals surface area contributed by atoms with Crippen molar-refractivity contribution in [2.24, 2.45) is 0 Å². The fraction of sp³-hybridized carbons (Fsp3) is 0. The molecule has 0 aromatic heterocycles. The van der Waals surface area contributed by atoms with Crippen molar-refractivity contribution in [1.29, 1.82) is 0 Å². The second-order valence-electron chi connectivity index (χ2n) is 3.72. The number of carbonyl (C=O) groups is 1. The molecule has 2 aromatic carbocycles. The van der Waals surface area contributed by atoms with Gasteiger partial charge < -0.3 is 5.11 Å². The SMILES string of the molecule is O=C(O)c1c(Cl)ccc(-c2ccc(Cl)c(Cl)c2)c1Cl. The maximum Gasteiger partial charge on any atom is 0.338 e. The van der Waals surface area contributed by atoms with E-state index in [-0.39, 0.29) is 15.6 Å². The minimum absolute atomic E-state index is 0.0680. The standard InChI is InChI=1S/C13H6Cl4O2/c14-8-3-1-6(5-10(8)16)7-2-4-9(15)11(12(7)17)13(18)19/h1-5H,(H,18,19). The van der Waals surface area contributed by atoms with Gasteiger partial charge in [0.05, 0.1) is 25.7 Å². The smallest absolute Gasteiger partial charge is 0.338 e. The minimum atomic E-state index is -1.18. The molecule has 0 bridgehead atoms. The van der Waals surface area contributed by atoms with Crippen LogP contribution in [-0.4, -0.2) is 11.1 Å². The summed E-state index contributed by atoms with van der Waals surface area (Å²) in [5, 5.41) is 10.0. The number of aromatic carboxylic acids is 1. The fourth-order valence-electron chi connectivity index (χ4n) is 1.64. The highest BCUT2D eigenvalue weighted by Crippen LogP contribution is 2.36. The van der Waals surface area contributed by atoms with Gasteiger partial charge in [0.1, 0.15) is 0 Å². The van der Waals surface area contributed by atoms with Crippen molar-refractivity contribution >= 4 is 52.4 Å². The number of carboxylic acids is 1. The van der Waals surface area contributed by atoms with Gasteiger partial charge in [-0.05, 0) is 23.8 Å². The van der Waals surface area contributed by atoms with E-state index in [0.29, 0.717) is 21.2 Å². The third-order valence-corrected chi connectivity index (χ3v) is 3.98. The number of halogens is 4. The zero-order valence-electron chi connectivity index (χ0n) is 9.25. The van der Waals surface area contributed by atoms with Crippen LogP contribution in [0.25, 0.3) is 11.1 Å². The van der Waals surface area contributed by atoms with Gasteiger partial charge in [-0.25, -0.2) is 4.79 Å². The topological polar surface area (TPSA) is 37.3 Å². The van der Waals surface area contributed by atoms with Crippen molar-refractivity contribution in [3.63, 3.8) is 0 Å². The highest BCUT2D eigenvalue weighted by molar-refractivity contribution is 6.43. The van der Waals surface area contributed by atoms with Crippen LogP contribution >= 0.6 is 46.4 Å². The number of hydrogen-bond donors (Lipinski definition) is 1. The quantitative estimate of drug-likeness (QED) is 0.768. The van der Waals surface area contributed by atoms with E-state index in [9.17, 15) is 4.79 Å². The second kappa shape index (κ2) is 5.59. The summed E-state index contributed by atoms with van der Waals surface area (Å²) in [5.74, 6) is -1.18. The summed E-state index contributed by atoms with van der Waals surface area (Å²) in [6.07, 6.45) is 0. The normalized spacial score (nSPS) is 10.5. The van der Waals surface area contributed by atoms with E-state index < -0.39 is 5.97 Å². The molecule has 0 saturated carbocycles. The molecule has 2 aromatic rings. The second-order valence-corrected chi connectivity index (χ2v) is 5.32. The van der Waals surface area contributed by atoms with Gasteiger partial charge >= 0.3 is 5.97 Å². The molecule has 0 unspecified atom stereocenters. The van der Waals surface area contributed by atoms with E-state index in [0.717, 1.165) is 0 Å². The molecule has 0 radical (unpaired) electrons. The van der Waals surface area contributed by atoms with Gasteiger partial charge in [-0.1, -0.05) is 58.5 Å². The van der Waals surface area contributed by atoms with Gasteiger partial charge in [0.25, 0.3) is 0 Å². The highest BCUT2D eigenvalue weighted by atomic mass is 35.5. The Hall–Kier alpha value is -0.930. The van der Waals surface area contributed by atoms with Crippen molar-refractivity contribution in [2.45, 2.75) is 0 Å². The van der Waals surface area contributed by atoms with Crippen LogP contribution in [0.1, 0.15) is 10.4 Å². The van der Waals surface area contributed by atoms with Crippen molar-refractivity contribution in [2.75, 3.05) is 0 Å². The van der Waals surface area contributed by atoms with E-state index in [4.69, 9.17) is 51.5 Å². The van der Waals surface area contributed by atoms with Crippen LogP contribution in [0.3, 0.4) is 0 Å². The molecular formula is C13H6Cl4O2. The molecule has 6 heteroatoms. The molecule has 19 heavy (non-hydrogen) atoms. The van der Waals surface area contributed by atoms with Crippen LogP contribution < -0.4 is 0 Å². The molecule has 0 heterocycles. The Morgan fingerprint density at radius 2 is 1.53 bits per heavy atom. The lowest BCUT2D eigenvalue weighted by molar-refractivity contribution is 0.0697. The summed E-state index contributed by atoms with van der Waals surface area (Å²) >= 11 is 23.7. The van der Waals surface area contributed by atoms with Gasteiger partial charge in [-0.15, -0.1) is 0 Å². The highest BCUT2D eigenvalue weighted by Gasteiger charge is 2.18. The fourth-order valence-corrected chi connectivity index (χ4v) is 2.57.